The normalized spacial score (nSPS) is 27.3. The highest BCUT2D eigenvalue weighted by molar-refractivity contribution is 7.10. The monoisotopic (exact) mass is 268 g/mol. The smallest absolute Gasteiger partial charge is 0.0941 e. The number of hydrogen-bond donors (Lipinski definition) is 1. The molecule has 1 aromatic rings. The number of aliphatic hydroxyl groups is 1. The number of aryl methyl sites for hydroxylation is 1. The predicted molar refractivity (Wildman–Crippen MR) is 76.0 cm³/mol. The van der Waals surface area contributed by atoms with Gasteiger partial charge in [-0.15, -0.1) is 11.3 Å². The van der Waals surface area contributed by atoms with Crippen LogP contribution in [-0.4, -0.2) is 16.3 Å². The van der Waals surface area contributed by atoms with Gasteiger partial charge in [-0.25, -0.2) is 0 Å². The molecular weight excluding hydrogens is 244 g/mol. The highest BCUT2D eigenvalue weighted by Gasteiger charge is 2.49. The molecule has 1 aromatic heterocycles. The van der Waals surface area contributed by atoms with Crippen LogP contribution in [0.4, 0.5) is 0 Å². The Hall–Kier alpha value is -0.380. The molecule has 0 aliphatic carbocycles. The number of aliphatic hydroxyl groups excluding tert-OH is 1. The summed E-state index contributed by atoms with van der Waals surface area (Å²) >= 11 is 1.66. The van der Waals surface area contributed by atoms with E-state index in [1.54, 1.807) is 11.3 Å². The summed E-state index contributed by atoms with van der Waals surface area (Å²) in [5.74, 6) is 0.163. The van der Waals surface area contributed by atoms with Crippen molar-refractivity contribution < 1.29 is 9.84 Å². The maximum absolute atomic E-state index is 10.7. The molecule has 0 amide bonds. The van der Waals surface area contributed by atoms with Crippen LogP contribution in [0.5, 0.6) is 0 Å². The molecule has 1 fully saturated rings. The Labute approximate surface area is 114 Å². The van der Waals surface area contributed by atoms with Crippen molar-refractivity contribution in [3.05, 3.63) is 21.9 Å². The van der Waals surface area contributed by atoms with E-state index in [-0.39, 0.29) is 17.1 Å². The van der Waals surface area contributed by atoms with Gasteiger partial charge in [0.05, 0.1) is 17.3 Å². The largest absolute Gasteiger partial charge is 0.387 e. The molecule has 0 spiro atoms. The van der Waals surface area contributed by atoms with Gasteiger partial charge in [0.25, 0.3) is 0 Å². The second-order valence-corrected chi connectivity index (χ2v) is 7.33. The molecule has 2 heterocycles. The van der Waals surface area contributed by atoms with Gasteiger partial charge in [-0.3, -0.25) is 0 Å². The average Bonchev–Trinajstić information content (AvgIpc) is 2.78. The molecule has 1 aliphatic rings. The lowest BCUT2D eigenvalue weighted by Crippen LogP contribution is -2.32. The van der Waals surface area contributed by atoms with Gasteiger partial charge in [-0.05, 0) is 57.5 Å². The molecule has 102 valence electrons. The molecule has 0 radical (unpaired) electrons. The molecule has 3 heteroatoms. The first-order valence-electron chi connectivity index (χ1n) is 6.71. The van der Waals surface area contributed by atoms with Crippen molar-refractivity contribution in [2.24, 2.45) is 5.92 Å². The molecule has 0 aromatic carbocycles. The van der Waals surface area contributed by atoms with Crippen molar-refractivity contribution >= 4 is 11.3 Å². The number of thiophene rings is 1. The average molecular weight is 268 g/mol. The Balaban J connectivity index is 2.27. The minimum Gasteiger partial charge on any atom is -0.387 e. The van der Waals surface area contributed by atoms with Crippen molar-refractivity contribution in [1.29, 1.82) is 0 Å². The molecule has 2 rings (SSSR count). The topological polar surface area (TPSA) is 29.5 Å². The Bertz CT molecular complexity index is 420. The lowest BCUT2D eigenvalue weighted by Gasteiger charge is -2.30. The van der Waals surface area contributed by atoms with Crippen LogP contribution in [0.25, 0.3) is 0 Å². The predicted octanol–water partition coefficient (Wildman–Crippen LogP) is 3.94. The molecule has 1 aliphatic heterocycles. The summed E-state index contributed by atoms with van der Waals surface area (Å²) in [6, 6.07) is 2.12. The van der Waals surface area contributed by atoms with Crippen molar-refractivity contribution in [2.45, 2.75) is 64.8 Å². The first kappa shape index (κ1) is 14.0. The van der Waals surface area contributed by atoms with E-state index in [1.807, 2.05) is 0 Å². The standard InChI is InChI=1S/C15H24O2S/c1-6-10-7-8-18-13(10)12(16)11-9-14(2,3)17-15(11,4)5/h7-8,11-12,16H,6,9H2,1-5H3. The Morgan fingerprint density at radius 3 is 2.61 bits per heavy atom. The quantitative estimate of drug-likeness (QED) is 0.900. The fraction of sp³-hybridized carbons (Fsp3) is 0.733. The lowest BCUT2D eigenvalue weighted by molar-refractivity contribution is -0.0877. The summed E-state index contributed by atoms with van der Waals surface area (Å²) in [5, 5.41) is 12.8. The molecular formula is C15H24O2S. The molecule has 0 saturated carbocycles. The van der Waals surface area contributed by atoms with E-state index in [0.29, 0.717) is 0 Å². The van der Waals surface area contributed by atoms with Crippen LogP contribution in [-0.2, 0) is 11.2 Å². The third kappa shape index (κ3) is 2.49. The zero-order valence-corrected chi connectivity index (χ0v) is 12.8. The maximum Gasteiger partial charge on any atom is 0.0941 e. The molecule has 18 heavy (non-hydrogen) atoms. The Morgan fingerprint density at radius 1 is 1.44 bits per heavy atom. The fourth-order valence-electron chi connectivity index (χ4n) is 3.18. The summed E-state index contributed by atoms with van der Waals surface area (Å²) in [4.78, 5) is 1.12. The van der Waals surface area contributed by atoms with Crippen LogP contribution >= 0.6 is 11.3 Å². The minimum atomic E-state index is -0.406. The Kier molecular flexibility index (Phi) is 3.60. The zero-order chi connectivity index (χ0) is 13.6. The number of ether oxygens (including phenoxy) is 1. The number of hydrogen-bond acceptors (Lipinski definition) is 3. The van der Waals surface area contributed by atoms with Crippen molar-refractivity contribution in [3.63, 3.8) is 0 Å². The second-order valence-electron chi connectivity index (χ2n) is 6.38. The third-order valence-electron chi connectivity index (χ3n) is 3.96. The first-order chi connectivity index (χ1) is 8.27. The van der Waals surface area contributed by atoms with Gasteiger partial charge < -0.3 is 9.84 Å². The van der Waals surface area contributed by atoms with Crippen molar-refractivity contribution in [1.82, 2.24) is 0 Å². The summed E-state index contributed by atoms with van der Waals surface area (Å²) in [6.45, 7) is 10.5. The van der Waals surface area contributed by atoms with E-state index in [4.69, 9.17) is 4.74 Å². The van der Waals surface area contributed by atoms with E-state index < -0.39 is 6.10 Å². The van der Waals surface area contributed by atoms with E-state index in [2.05, 4.69) is 46.1 Å². The van der Waals surface area contributed by atoms with Crippen LogP contribution in [0.2, 0.25) is 0 Å². The minimum absolute atomic E-state index is 0.140. The third-order valence-corrected chi connectivity index (χ3v) is 4.98. The molecule has 1 saturated heterocycles. The molecule has 2 nitrogen and oxygen atoms in total. The fourth-order valence-corrected chi connectivity index (χ4v) is 4.22. The molecule has 2 unspecified atom stereocenters. The molecule has 2 atom stereocenters. The van der Waals surface area contributed by atoms with Gasteiger partial charge in [0.2, 0.25) is 0 Å². The van der Waals surface area contributed by atoms with Crippen LogP contribution in [0.15, 0.2) is 11.4 Å². The van der Waals surface area contributed by atoms with Gasteiger partial charge in [0, 0.05) is 10.8 Å². The van der Waals surface area contributed by atoms with Crippen LogP contribution in [0, 0.1) is 5.92 Å². The molecule has 0 bridgehead atoms. The summed E-state index contributed by atoms with van der Waals surface area (Å²) < 4.78 is 6.09. The number of rotatable bonds is 3. The second kappa shape index (κ2) is 4.62. The van der Waals surface area contributed by atoms with Gasteiger partial charge in [0.1, 0.15) is 0 Å². The first-order valence-corrected chi connectivity index (χ1v) is 7.59. The SMILES string of the molecule is CCc1ccsc1C(O)C1CC(C)(C)OC1(C)C. The van der Waals surface area contributed by atoms with Crippen LogP contribution in [0.1, 0.15) is 57.6 Å². The van der Waals surface area contributed by atoms with Crippen LogP contribution < -0.4 is 0 Å². The zero-order valence-electron chi connectivity index (χ0n) is 12.0. The highest BCUT2D eigenvalue weighted by Crippen LogP contribution is 2.48. The highest BCUT2D eigenvalue weighted by atomic mass is 32.1. The van der Waals surface area contributed by atoms with E-state index in [0.717, 1.165) is 17.7 Å². The summed E-state index contributed by atoms with van der Waals surface area (Å²) in [7, 11) is 0. The van der Waals surface area contributed by atoms with Gasteiger partial charge in [-0.2, -0.15) is 0 Å². The lowest BCUT2D eigenvalue weighted by atomic mass is 9.82. The van der Waals surface area contributed by atoms with E-state index in [1.165, 1.54) is 5.56 Å². The van der Waals surface area contributed by atoms with E-state index >= 15 is 0 Å². The van der Waals surface area contributed by atoms with Crippen molar-refractivity contribution in [2.75, 3.05) is 0 Å². The summed E-state index contributed by atoms with van der Waals surface area (Å²) in [5.41, 5.74) is 0.865. The Morgan fingerprint density at radius 2 is 2.11 bits per heavy atom. The van der Waals surface area contributed by atoms with Gasteiger partial charge in [-0.1, -0.05) is 6.92 Å². The van der Waals surface area contributed by atoms with Gasteiger partial charge in [0.15, 0.2) is 0 Å². The maximum atomic E-state index is 10.7. The molecule has 1 N–H and O–H groups in total. The van der Waals surface area contributed by atoms with E-state index in [9.17, 15) is 5.11 Å². The van der Waals surface area contributed by atoms with Crippen LogP contribution in [0.3, 0.4) is 0 Å². The van der Waals surface area contributed by atoms with Gasteiger partial charge >= 0.3 is 0 Å². The summed E-state index contributed by atoms with van der Waals surface area (Å²) in [6.07, 6.45) is 1.48. The van der Waals surface area contributed by atoms with Crippen molar-refractivity contribution in [3.8, 4) is 0 Å².